The zero-order valence-corrected chi connectivity index (χ0v) is 13.2. The van der Waals surface area contributed by atoms with Crippen molar-refractivity contribution in [3.63, 3.8) is 0 Å². The lowest BCUT2D eigenvalue weighted by molar-refractivity contribution is -0.144. The molecule has 1 aromatic heterocycles. The smallest absolute Gasteiger partial charge is 0.329 e. The van der Waals surface area contributed by atoms with Crippen molar-refractivity contribution in [2.75, 3.05) is 14.1 Å². The molecule has 0 bridgehead atoms. The number of aromatic nitrogens is 3. The van der Waals surface area contributed by atoms with Crippen LogP contribution in [0.5, 0.6) is 0 Å². The fourth-order valence-electron chi connectivity index (χ4n) is 1.80. The van der Waals surface area contributed by atoms with E-state index in [-0.39, 0.29) is 18.1 Å². The van der Waals surface area contributed by atoms with Crippen LogP contribution in [0.1, 0.15) is 37.2 Å². The second kappa shape index (κ2) is 7.01. The summed E-state index contributed by atoms with van der Waals surface area (Å²) in [6, 6.07) is 0. The van der Waals surface area contributed by atoms with Gasteiger partial charge in [0, 0.05) is 14.1 Å². The van der Waals surface area contributed by atoms with Crippen molar-refractivity contribution in [2.45, 2.75) is 38.8 Å². The second-order valence-corrected chi connectivity index (χ2v) is 5.43. The number of nitrogens with zero attached hydrogens (tertiary/aromatic N) is 4. The minimum Gasteiger partial charge on any atom is -0.480 e. The molecule has 9 nitrogen and oxygen atoms in total. The molecule has 1 unspecified atom stereocenters. The summed E-state index contributed by atoms with van der Waals surface area (Å²) in [4.78, 5) is 36.3. The van der Waals surface area contributed by atoms with Crippen LogP contribution >= 0.6 is 0 Å². The van der Waals surface area contributed by atoms with Gasteiger partial charge in [-0.05, 0) is 13.3 Å². The minimum absolute atomic E-state index is 0.0323. The van der Waals surface area contributed by atoms with Crippen LogP contribution in [0.3, 0.4) is 0 Å². The van der Waals surface area contributed by atoms with E-state index >= 15 is 0 Å². The number of hydrogen-bond donors (Lipinski definition) is 2. The van der Waals surface area contributed by atoms with Crippen molar-refractivity contribution in [1.29, 1.82) is 0 Å². The third kappa shape index (κ3) is 4.27. The summed E-state index contributed by atoms with van der Waals surface area (Å²) in [7, 11) is 3.21. The Morgan fingerprint density at radius 2 is 2.05 bits per heavy atom. The molecule has 0 aliphatic carbocycles. The van der Waals surface area contributed by atoms with Gasteiger partial charge in [-0.3, -0.25) is 9.59 Å². The van der Waals surface area contributed by atoms with Gasteiger partial charge >= 0.3 is 5.97 Å². The molecular formula is C13H21N5O4. The lowest BCUT2D eigenvalue weighted by Gasteiger charge is -2.25. The van der Waals surface area contributed by atoms with Crippen LogP contribution in [0.4, 0.5) is 0 Å². The predicted molar refractivity (Wildman–Crippen MR) is 77.1 cm³/mol. The summed E-state index contributed by atoms with van der Waals surface area (Å²) in [5, 5.41) is 19.0. The number of amides is 2. The molecule has 0 saturated carbocycles. The molecule has 0 aliphatic rings. The molecule has 0 spiro atoms. The van der Waals surface area contributed by atoms with Gasteiger partial charge in [0.25, 0.3) is 5.91 Å². The highest BCUT2D eigenvalue weighted by atomic mass is 16.4. The fourth-order valence-corrected chi connectivity index (χ4v) is 1.80. The van der Waals surface area contributed by atoms with Crippen molar-refractivity contribution < 1.29 is 19.5 Å². The van der Waals surface area contributed by atoms with E-state index in [1.54, 1.807) is 14.1 Å². The minimum atomic E-state index is -1.37. The third-order valence-corrected chi connectivity index (χ3v) is 3.18. The van der Waals surface area contributed by atoms with E-state index < -0.39 is 17.4 Å². The van der Waals surface area contributed by atoms with E-state index in [0.717, 1.165) is 0 Å². The molecule has 1 aromatic rings. The average molecular weight is 311 g/mol. The number of aliphatic carboxylic acids is 1. The highest BCUT2D eigenvalue weighted by Gasteiger charge is 2.34. The maximum Gasteiger partial charge on any atom is 0.329 e. The Morgan fingerprint density at radius 1 is 1.41 bits per heavy atom. The van der Waals surface area contributed by atoms with Gasteiger partial charge in [0.2, 0.25) is 5.91 Å². The van der Waals surface area contributed by atoms with Crippen molar-refractivity contribution in [1.82, 2.24) is 25.2 Å². The number of likely N-dealkylation sites (N-methyl/N-ethyl adjacent to an activating group) is 1. The lowest BCUT2D eigenvalue weighted by atomic mass is 9.96. The highest BCUT2D eigenvalue weighted by molar-refractivity contribution is 5.96. The normalized spacial score (nSPS) is 13.3. The summed E-state index contributed by atoms with van der Waals surface area (Å²) in [5.41, 5.74) is -1.40. The van der Waals surface area contributed by atoms with Gasteiger partial charge in [-0.15, -0.1) is 5.10 Å². The summed E-state index contributed by atoms with van der Waals surface area (Å²) in [6.07, 6.45) is 2.21. The summed E-state index contributed by atoms with van der Waals surface area (Å²) in [5.74, 6) is -1.95. The summed E-state index contributed by atoms with van der Waals surface area (Å²) in [6.45, 7) is 3.23. The molecule has 22 heavy (non-hydrogen) atoms. The first-order valence-electron chi connectivity index (χ1n) is 6.85. The van der Waals surface area contributed by atoms with Gasteiger partial charge in [-0.2, -0.15) is 0 Å². The predicted octanol–water partition coefficient (Wildman–Crippen LogP) is -0.260. The van der Waals surface area contributed by atoms with Crippen molar-refractivity contribution in [3.05, 3.63) is 11.9 Å². The standard InChI is InChI=1S/C13H21N5O4/c1-5-6-13(2,12(21)22)14-11(20)9-7-18(16-15-9)8-10(19)17(3)4/h7H,5-6,8H2,1-4H3,(H,14,20)(H,21,22). The zero-order chi connectivity index (χ0) is 16.9. The molecule has 1 atom stereocenters. The molecule has 0 radical (unpaired) electrons. The molecule has 2 amide bonds. The SMILES string of the molecule is CCCC(C)(NC(=O)c1cn(CC(=O)N(C)C)nn1)C(=O)O. The number of carboxylic acid groups (broad SMARTS) is 1. The topological polar surface area (TPSA) is 117 Å². The van der Waals surface area contributed by atoms with E-state index in [1.807, 2.05) is 6.92 Å². The van der Waals surface area contributed by atoms with E-state index in [9.17, 15) is 19.5 Å². The number of carboxylic acids is 1. The molecule has 0 fully saturated rings. The zero-order valence-electron chi connectivity index (χ0n) is 13.2. The van der Waals surface area contributed by atoms with Crippen molar-refractivity contribution in [3.8, 4) is 0 Å². The number of carbonyl (C=O) groups is 3. The number of nitrogens with one attached hydrogen (secondary N) is 1. The van der Waals surface area contributed by atoms with E-state index in [1.165, 1.54) is 22.7 Å². The van der Waals surface area contributed by atoms with Crippen LogP contribution in [0.25, 0.3) is 0 Å². The van der Waals surface area contributed by atoms with Gasteiger partial charge in [-0.1, -0.05) is 18.6 Å². The maximum atomic E-state index is 12.1. The number of rotatable bonds is 7. The monoisotopic (exact) mass is 311 g/mol. The van der Waals surface area contributed by atoms with Crippen LogP contribution in [0.15, 0.2) is 6.20 Å². The Bertz CT molecular complexity index is 569. The average Bonchev–Trinajstić information content (AvgIpc) is 2.87. The molecule has 0 saturated heterocycles. The molecular weight excluding hydrogens is 290 g/mol. The molecule has 1 heterocycles. The quantitative estimate of drug-likeness (QED) is 0.716. The molecule has 9 heteroatoms. The van der Waals surface area contributed by atoms with E-state index in [4.69, 9.17) is 0 Å². The van der Waals surface area contributed by atoms with Gasteiger partial charge in [0.05, 0.1) is 6.20 Å². The fraction of sp³-hybridized carbons (Fsp3) is 0.615. The summed E-state index contributed by atoms with van der Waals surface area (Å²) < 4.78 is 1.23. The highest BCUT2D eigenvalue weighted by Crippen LogP contribution is 2.13. The first-order valence-corrected chi connectivity index (χ1v) is 6.85. The Kier molecular flexibility index (Phi) is 5.61. The first-order chi connectivity index (χ1) is 10.2. The third-order valence-electron chi connectivity index (χ3n) is 3.18. The van der Waals surface area contributed by atoms with E-state index in [0.29, 0.717) is 12.8 Å². The van der Waals surface area contributed by atoms with Crippen molar-refractivity contribution >= 4 is 17.8 Å². The van der Waals surface area contributed by atoms with Crippen LogP contribution in [0.2, 0.25) is 0 Å². The molecule has 0 aliphatic heterocycles. The lowest BCUT2D eigenvalue weighted by Crippen LogP contribution is -2.52. The Labute approximate surface area is 128 Å². The van der Waals surface area contributed by atoms with E-state index in [2.05, 4.69) is 15.6 Å². The number of carbonyl (C=O) groups excluding carboxylic acids is 2. The van der Waals surface area contributed by atoms with Crippen molar-refractivity contribution in [2.24, 2.45) is 0 Å². The van der Waals surface area contributed by atoms with Crippen LogP contribution in [0, 0.1) is 0 Å². The summed E-state index contributed by atoms with van der Waals surface area (Å²) >= 11 is 0. The van der Waals surface area contributed by atoms with Gasteiger partial charge in [0.1, 0.15) is 12.1 Å². The van der Waals surface area contributed by atoms with Gasteiger partial charge in [-0.25, -0.2) is 9.48 Å². The first kappa shape index (κ1) is 17.6. The largest absolute Gasteiger partial charge is 0.480 e. The van der Waals surface area contributed by atoms with Crippen LogP contribution < -0.4 is 5.32 Å². The molecule has 122 valence electrons. The molecule has 0 aromatic carbocycles. The van der Waals surface area contributed by atoms with Crippen LogP contribution in [-0.4, -0.2) is 62.4 Å². The maximum absolute atomic E-state index is 12.1. The second-order valence-electron chi connectivity index (χ2n) is 5.43. The van der Waals surface area contributed by atoms with Crippen LogP contribution in [-0.2, 0) is 16.1 Å². The molecule has 1 rings (SSSR count). The molecule has 2 N–H and O–H groups in total. The Balaban J connectivity index is 2.80. The Hall–Kier alpha value is -2.45. The number of hydrogen-bond acceptors (Lipinski definition) is 5. The Morgan fingerprint density at radius 3 is 2.55 bits per heavy atom. The van der Waals surface area contributed by atoms with Gasteiger partial charge < -0.3 is 15.3 Å². The van der Waals surface area contributed by atoms with Gasteiger partial charge in [0.15, 0.2) is 5.69 Å².